The minimum Gasteiger partial charge on any atom is -0.466 e. The molecule has 0 aliphatic carbocycles. The first-order chi connectivity index (χ1) is 8.08. The number of carbonyl (C=O) groups excluding carboxylic acids is 1. The molecule has 0 amide bonds. The Kier molecular flexibility index (Phi) is 4.68. The van der Waals surface area contributed by atoms with Crippen molar-refractivity contribution in [3.63, 3.8) is 0 Å². The highest BCUT2D eigenvalue weighted by Crippen LogP contribution is 2.05. The molecule has 94 valence electrons. The summed E-state index contributed by atoms with van der Waals surface area (Å²) in [6.45, 7) is 3.95. The van der Waals surface area contributed by atoms with E-state index in [4.69, 9.17) is 10.5 Å². The number of esters is 1. The van der Waals surface area contributed by atoms with E-state index in [1.165, 1.54) is 0 Å². The Hall–Kier alpha value is -1.85. The van der Waals surface area contributed by atoms with Gasteiger partial charge in [0.15, 0.2) is 0 Å². The van der Waals surface area contributed by atoms with E-state index in [9.17, 15) is 9.59 Å². The third kappa shape index (κ3) is 3.58. The number of hydrogen-bond acceptors (Lipinski definition) is 5. The van der Waals surface area contributed by atoms with Gasteiger partial charge < -0.3 is 15.5 Å². The smallest absolute Gasteiger partial charge is 0.310 e. The van der Waals surface area contributed by atoms with E-state index in [0.29, 0.717) is 12.2 Å². The molecule has 0 atom stereocenters. The molecule has 1 rings (SSSR count). The van der Waals surface area contributed by atoms with Crippen molar-refractivity contribution in [1.29, 1.82) is 0 Å². The molecule has 17 heavy (non-hydrogen) atoms. The van der Waals surface area contributed by atoms with Gasteiger partial charge in [-0.1, -0.05) is 6.92 Å². The second-order valence-corrected chi connectivity index (χ2v) is 3.61. The minimum absolute atomic E-state index is 0.102. The number of carbonyl (C=O) groups is 1. The van der Waals surface area contributed by atoms with Gasteiger partial charge in [0.05, 0.1) is 18.6 Å². The van der Waals surface area contributed by atoms with Crippen LogP contribution < -0.4 is 11.3 Å². The second kappa shape index (κ2) is 6.03. The summed E-state index contributed by atoms with van der Waals surface area (Å²) >= 11 is 0. The average molecular weight is 239 g/mol. The maximum atomic E-state index is 11.7. The van der Waals surface area contributed by atoms with Crippen LogP contribution in [-0.2, 0) is 22.4 Å². The van der Waals surface area contributed by atoms with Crippen LogP contribution in [0, 0.1) is 0 Å². The molecular formula is C11H17N3O3. The number of aryl methyl sites for hydroxylation is 1. The fourth-order valence-corrected chi connectivity index (χ4v) is 1.45. The Morgan fingerprint density at radius 3 is 2.71 bits per heavy atom. The summed E-state index contributed by atoms with van der Waals surface area (Å²) in [5.41, 5.74) is 5.46. The van der Waals surface area contributed by atoms with Crippen LogP contribution in [0.15, 0.2) is 4.79 Å². The molecule has 6 heteroatoms. The van der Waals surface area contributed by atoms with Gasteiger partial charge in [-0.3, -0.25) is 9.59 Å². The lowest BCUT2D eigenvalue weighted by molar-refractivity contribution is -0.142. The molecular weight excluding hydrogens is 222 g/mol. The molecule has 6 nitrogen and oxygen atoms in total. The average Bonchev–Trinajstić information content (AvgIpc) is 2.24. The molecule has 3 N–H and O–H groups in total. The third-order valence-electron chi connectivity index (χ3n) is 2.21. The molecule has 0 aliphatic heterocycles. The van der Waals surface area contributed by atoms with E-state index in [1.807, 2.05) is 6.92 Å². The number of nitrogen functional groups attached to an aromatic ring is 1. The summed E-state index contributed by atoms with van der Waals surface area (Å²) in [6.07, 6.45) is 1.37. The highest BCUT2D eigenvalue weighted by atomic mass is 16.5. The van der Waals surface area contributed by atoms with Gasteiger partial charge >= 0.3 is 5.97 Å². The van der Waals surface area contributed by atoms with Crippen LogP contribution in [0.25, 0.3) is 0 Å². The molecule has 1 heterocycles. The molecule has 0 spiro atoms. The number of rotatable bonds is 5. The monoisotopic (exact) mass is 239 g/mol. The molecule has 0 radical (unpaired) electrons. The predicted molar refractivity (Wildman–Crippen MR) is 63.6 cm³/mol. The van der Waals surface area contributed by atoms with Crippen LogP contribution in [0.5, 0.6) is 0 Å². The lowest BCUT2D eigenvalue weighted by atomic mass is 10.2. The van der Waals surface area contributed by atoms with E-state index in [2.05, 4.69) is 9.97 Å². The van der Waals surface area contributed by atoms with Crippen LogP contribution in [0.3, 0.4) is 0 Å². The normalized spacial score (nSPS) is 10.2. The van der Waals surface area contributed by atoms with Crippen LogP contribution in [0.2, 0.25) is 0 Å². The number of nitrogens with zero attached hydrogens (tertiary/aromatic N) is 1. The molecule has 0 unspecified atom stereocenters. The van der Waals surface area contributed by atoms with Gasteiger partial charge in [0, 0.05) is 6.42 Å². The van der Waals surface area contributed by atoms with Crippen molar-refractivity contribution in [2.24, 2.45) is 0 Å². The van der Waals surface area contributed by atoms with Crippen LogP contribution >= 0.6 is 0 Å². The van der Waals surface area contributed by atoms with Crippen molar-refractivity contribution in [1.82, 2.24) is 9.97 Å². The van der Waals surface area contributed by atoms with Crippen molar-refractivity contribution >= 4 is 11.8 Å². The Balaban J connectivity index is 2.94. The van der Waals surface area contributed by atoms with E-state index >= 15 is 0 Å². The topological polar surface area (TPSA) is 98.1 Å². The van der Waals surface area contributed by atoms with Gasteiger partial charge in [-0.2, -0.15) is 0 Å². The Bertz CT molecular complexity index is 454. The highest BCUT2D eigenvalue weighted by molar-refractivity contribution is 5.74. The zero-order valence-electron chi connectivity index (χ0n) is 10.1. The first-order valence-electron chi connectivity index (χ1n) is 5.61. The van der Waals surface area contributed by atoms with Crippen molar-refractivity contribution < 1.29 is 9.53 Å². The SMILES string of the molecule is CCCc1nc(N)c(CC(=O)OCC)c(=O)[nH]1. The number of H-pyrrole nitrogens is 1. The van der Waals surface area contributed by atoms with E-state index in [1.54, 1.807) is 6.92 Å². The largest absolute Gasteiger partial charge is 0.466 e. The van der Waals surface area contributed by atoms with Crippen molar-refractivity contribution in [3.05, 3.63) is 21.7 Å². The number of nitrogens with one attached hydrogen (secondary N) is 1. The van der Waals surface area contributed by atoms with E-state index < -0.39 is 5.97 Å². The number of ether oxygens (including phenoxy) is 1. The molecule has 0 aliphatic rings. The highest BCUT2D eigenvalue weighted by Gasteiger charge is 2.13. The van der Waals surface area contributed by atoms with E-state index in [0.717, 1.165) is 6.42 Å². The first kappa shape index (κ1) is 13.2. The fraction of sp³-hybridized carbons (Fsp3) is 0.545. The van der Waals surface area contributed by atoms with Gasteiger partial charge in [0.1, 0.15) is 11.6 Å². The van der Waals surface area contributed by atoms with Crippen LogP contribution in [-0.4, -0.2) is 22.5 Å². The Morgan fingerprint density at radius 1 is 1.47 bits per heavy atom. The summed E-state index contributed by atoms with van der Waals surface area (Å²) in [5, 5.41) is 0. The number of nitrogens with two attached hydrogens (primary N) is 1. The molecule has 1 aromatic heterocycles. The quantitative estimate of drug-likeness (QED) is 0.725. The molecule has 0 bridgehead atoms. The van der Waals surface area contributed by atoms with Gasteiger partial charge in [0.2, 0.25) is 0 Å². The van der Waals surface area contributed by atoms with Crippen LogP contribution in [0.4, 0.5) is 5.82 Å². The number of aromatic amines is 1. The molecule has 1 aromatic rings. The summed E-state index contributed by atoms with van der Waals surface area (Å²) < 4.78 is 4.76. The zero-order valence-corrected chi connectivity index (χ0v) is 10.1. The number of hydrogen-bond donors (Lipinski definition) is 2. The second-order valence-electron chi connectivity index (χ2n) is 3.61. The fourth-order valence-electron chi connectivity index (χ4n) is 1.45. The molecule has 0 fully saturated rings. The maximum Gasteiger partial charge on any atom is 0.310 e. The summed E-state index contributed by atoms with van der Waals surface area (Å²) in [5.74, 6) is 0.169. The molecule has 0 saturated heterocycles. The minimum atomic E-state index is -0.477. The standard InChI is InChI=1S/C11H17N3O3/c1-3-5-8-13-10(12)7(11(16)14-8)6-9(15)17-4-2/h3-6H2,1-2H3,(H3,12,13,14,16). The summed E-state index contributed by atoms with van der Waals surface area (Å²) in [7, 11) is 0. The van der Waals surface area contributed by atoms with Gasteiger partial charge in [0.25, 0.3) is 5.56 Å². The summed E-state index contributed by atoms with van der Waals surface area (Å²) in [4.78, 5) is 29.6. The number of anilines is 1. The van der Waals surface area contributed by atoms with Gasteiger partial charge in [-0.25, -0.2) is 4.98 Å². The predicted octanol–water partition coefficient (Wildman–Crippen LogP) is 0.410. The first-order valence-corrected chi connectivity index (χ1v) is 5.61. The van der Waals surface area contributed by atoms with Gasteiger partial charge in [-0.15, -0.1) is 0 Å². The zero-order chi connectivity index (χ0) is 12.8. The van der Waals surface area contributed by atoms with Gasteiger partial charge in [-0.05, 0) is 13.3 Å². The summed E-state index contributed by atoms with van der Waals surface area (Å²) in [6, 6.07) is 0. The van der Waals surface area contributed by atoms with Crippen LogP contribution in [0.1, 0.15) is 31.7 Å². The van der Waals surface area contributed by atoms with E-state index in [-0.39, 0.29) is 30.0 Å². The third-order valence-corrected chi connectivity index (χ3v) is 2.21. The Morgan fingerprint density at radius 2 is 2.18 bits per heavy atom. The lowest BCUT2D eigenvalue weighted by Gasteiger charge is -2.06. The van der Waals surface area contributed by atoms with Crippen molar-refractivity contribution in [2.75, 3.05) is 12.3 Å². The number of aromatic nitrogens is 2. The molecule has 0 saturated carbocycles. The van der Waals surface area contributed by atoms with Crippen molar-refractivity contribution in [3.8, 4) is 0 Å². The molecule has 0 aromatic carbocycles. The maximum absolute atomic E-state index is 11.7. The van der Waals surface area contributed by atoms with Crippen molar-refractivity contribution in [2.45, 2.75) is 33.1 Å². The lowest BCUT2D eigenvalue weighted by Crippen LogP contribution is -2.23. The Labute approximate surface area is 99.2 Å².